The van der Waals surface area contributed by atoms with Gasteiger partial charge < -0.3 is 24.9 Å². The molecule has 1 aromatic heterocycles. The third kappa shape index (κ3) is 10.2. The molecule has 2 atom stereocenters. The number of aromatic nitrogens is 2. The molecule has 3 rings (SSSR count). The summed E-state index contributed by atoms with van der Waals surface area (Å²) in [4.78, 5) is 24.0. The van der Waals surface area contributed by atoms with Gasteiger partial charge in [-0.05, 0) is 58.3 Å². The van der Waals surface area contributed by atoms with Crippen LogP contribution >= 0.6 is 0 Å². The number of nitrogens with zero attached hydrogens (tertiary/aromatic N) is 2. The van der Waals surface area contributed by atoms with Crippen LogP contribution in [0, 0.1) is 5.92 Å². The van der Waals surface area contributed by atoms with Crippen molar-refractivity contribution >= 4 is 18.0 Å². The van der Waals surface area contributed by atoms with Crippen LogP contribution in [0.25, 0.3) is 5.69 Å². The first-order valence-electron chi connectivity index (χ1n) is 13.3. The SMILES string of the molecule is CCOc1cccc(-n2nc(NC(=O)[C@@H](CC=O)CCNC)cc2[C@]2(C)CC=CCC2)c1.COCC(C)(F)F. The number of carbonyl (C=O) groups is 2. The molecular formula is C29H42F2N4O4. The van der Waals surface area contributed by atoms with Crippen molar-refractivity contribution < 1.29 is 27.8 Å². The average molecular weight is 549 g/mol. The van der Waals surface area contributed by atoms with Crippen LogP contribution in [-0.2, 0) is 19.7 Å². The van der Waals surface area contributed by atoms with E-state index in [0.717, 1.165) is 49.6 Å². The van der Waals surface area contributed by atoms with Gasteiger partial charge in [0, 0.05) is 43.9 Å². The zero-order valence-electron chi connectivity index (χ0n) is 23.6. The number of amides is 1. The number of ether oxygens (including phenoxy) is 2. The molecule has 0 unspecified atom stereocenters. The largest absolute Gasteiger partial charge is 0.494 e. The molecule has 0 spiro atoms. The summed E-state index contributed by atoms with van der Waals surface area (Å²) in [6.07, 6.45) is 8.94. The minimum absolute atomic E-state index is 0.0966. The molecule has 0 fully saturated rings. The highest BCUT2D eigenvalue weighted by Gasteiger charge is 2.32. The molecule has 1 aliphatic carbocycles. The normalized spacial score (nSPS) is 17.6. The number of alkyl halides is 2. The highest BCUT2D eigenvalue weighted by molar-refractivity contribution is 5.93. The van der Waals surface area contributed by atoms with Gasteiger partial charge in [0.25, 0.3) is 5.92 Å². The van der Waals surface area contributed by atoms with Crippen molar-refractivity contribution in [3.8, 4) is 11.4 Å². The maximum Gasteiger partial charge on any atom is 0.268 e. The average Bonchev–Trinajstić information content (AvgIpc) is 3.32. The second-order valence-corrected chi connectivity index (χ2v) is 10.0. The predicted octanol–water partition coefficient (Wildman–Crippen LogP) is 5.31. The predicted molar refractivity (Wildman–Crippen MR) is 149 cm³/mol. The Morgan fingerprint density at radius 3 is 2.64 bits per heavy atom. The van der Waals surface area contributed by atoms with Crippen molar-refractivity contribution in [2.24, 2.45) is 5.92 Å². The fourth-order valence-electron chi connectivity index (χ4n) is 4.41. The van der Waals surface area contributed by atoms with Gasteiger partial charge in [0.15, 0.2) is 5.82 Å². The Kier molecular flexibility index (Phi) is 12.7. The number of hydrogen-bond acceptors (Lipinski definition) is 6. The molecule has 0 saturated carbocycles. The Hall–Kier alpha value is -3.11. The lowest BCUT2D eigenvalue weighted by Crippen LogP contribution is -2.26. The number of halogens is 2. The van der Waals surface area contributed by atoms with Crippen molar-refractivity contribution in [2.75, 3.05) is 39.2 Å². The van der Waals surface area contributed by atoms with E-state index in [0.29, 0.717) is 25.4 Å². The molecule has 0 aliphatic heterocycles. The van der Waals surface area contributed by atoms with Crippen LogP contribution in [0.3, 0.4) is 0 Å². The summed E-state index contributed by atoms with van der Waals surface area (Å²) in [6.45, 7) is 5.77. The van der Waals surface area contributed by atoms with E-state index in [1.165, 1.54) is 7.11 Å². The van der Waals surface area contributed by atoms with Crippen LogP contribution < -0.4 is 15.4 Å². The number of benzene rings is 1. The second-order valence-electron chi connectivity index (χ2n) is 10.0. The standard InChI is InChI=1S/C25H34N4O3.C4H8F2O/c1-4-32-21-10-8-9-20(17-21)29-22(25(2)13-6-5-7-14-25)18-23(28-29)27-24(31)19(12-16-30)11-15-26-3;1-4(5,6)3-7-2/h5-6,8-10,16-19,26H,4,7,11-15H2,1-3H3,(H,27,28,31);3H2,1-2H3/t19-,25-;/m1./s1. The minimum Gasteiger partial charge on any atom is -0.494 e. The summed E-state index contributed by atoms with van der Waals surface area (Å²) in [6, 6.07) is 9.81. The first-order chi connectivity index (χ1) is 18.6. The van der Waals surface area contributed by atoms with Crippen molar-refractivity contribution in [1.82, 2.24) is 15.1 Å². The quantitative estimate of drug-likeness (QED) is 0.260. The Morgan fingerprint density at radius 2 is 2.08 bits per heavy atom. The van der Waals surface area contributed by atoms with Gasteiger partial charge in [0.05, 0.1) is 18.0 Å². The molecular weight excluding hydrogens is 506 g/mol. The van der Waals surface area contributed by atoms with E-state index in [1.54, 1.807) is 0 Å². The van der Waals surface area contributed by atoms with Crippen LogP contribution in [0.5, 0.6) is 5.75 Å². The molecule has 1 heterocycles. The van der Waals surface area contributed by atoms with Crippen molar-refractivity contribution in [3.63, 3.8) is 0 Å². The van der Waals surface area contributed by atoms with Crippen molar-refractivity contribution in [3.05, 3.63) is 48.2 Å². The smallest absolute Gasteiger partial charge is 0.268 e. The third-order valence-electron chi connectivity index (χ3n) is 6.44. The van der Waals surface area contributed by atoms with Crippen molar-refractivity contribution in [1.29, 1.82) is 0 Å². The van der Waals surface area contributed by atoms with Crippen molar-refractivity contribution in [2.45, 2.75) is 64.2 Å². The Balaban J connectivity index is 0.000000673. The van der Waals surface area contributed by atoms with Crippen LogP contribution in [0.4, 0.5) is 14.6 Å². The monoisotopic (exact) mass is 548 g/mol. The van der Waals surface area contributed by atoms with Gasteiger partial charge in [-0.25, -0.2) is 13.5 Å². The molecule has 2 N–H and O–H groups in total. The summed E-state index contributed by atoms with van der Waals surface area (Å²) in [7, 11) is 3.08. The number of methoxy groups -OCH3 is 1. The summed E-state index contributed by atoms with van der Waals surface area (Å²) < 4.78 is 35.0. The number of anilines is 1. The summed E-state index contributed by atoms with van der Waals surface area (Å²) in [5.74, 6) is -1.95. The molecule has 0 radical (unpaired) electrons. The minimum atomic E-state index is -2.67. The summed E-state index contributed by atoms with van der Waals surface area (Å²) >= 11 is 0. The van der Waals surface area contributed by atoms with Crippen LogP contribution in [0.1, 0.15) is 58.6 Å². The number of allylic oxidation sites excluding steroid dienone is 2. The van der Waals surface area contributed by atoms with E-state index in [9.17, 15) is 18.4 Å². The first-order valence-corrected chi connectivity index (χ1v) is 13.3. The third-order valence-corrected chi connectivity index (χ3v) is 6.44. The number of aldehydes is 1. The van der Waals surface area contributed by atoms with E-state index >= 15 is 0 Å². The van der Waals surface area contributed by atoms with E-state index in [4.69, 9.17) is 9.84 Å². The van der Waals surface area contributed by atoms with E-state index in [2.05, 4.69) is 34.4 Å². The van der Waals surface area contributed by atoms with E-state index < -0.39 is 12.5 Å². The molecule has 0 saturated heterocycles. The van der Waals surface area contributed by atoms with Gasteiger partial charge >= 0.3 is 0 Å². The van der Waals surface area contributed by atoms with Crippen LogP contribution in [0.15, 0.2) is 42.5 Å². The van der Waals surface area contributed by atoms with Gasteiger partial charge in [-0.3, -0.25) is 4.79 Å². The number of nitrogens with one attached hydrogen (secondary N) is 2. The Morgan fingerprint density at radius 1 is 1.31 bits per heavy atom. The molecule has 2 aromatic rings. The number of carbonyl (C=O) groups excluding carboxylic acids is 2. The van der Waals surface area contributed by atoms with Crippen LogP contribution in [0.2, 0.25) is 0 Å². The molecule has 1 amide bonds. The lowest BCUT2D eigenvalue weighted by molar-refractivity contribution is -0.122. The maximum absolute atomic E-state index is 12.9. The summed E-state index contributed by atoms with van der Waals surface area (Å²) in [5, 5.41) is 10.8. The molecule has 1 aliphatic rings. The van der Waals surface area contributed by atoms with Gasteiger partial charge in [-0.2, -0.15) is 0 Å². The van der Waals surface area contributed by atoms with Gasteiger partial charge in [-0.15, -0.1) is 5.10 Å². The van der Waals surface area contributed by atoms with Crippen LogP contribution in [-0.4, -0.2) is 61.8 Å². The van der Waals surface area contributed by atoms with Gasteiger partial charge in [0.1, 0.15) is 18.6 Å². The molecule has 8 nitrogen and oxygen atoms in total. The highest BCUT2D eigenvalue weighted by Crippen LogP contribution is 2.38. The highest BCUT2D eigenvalue weighted by atomic mass is 19.3. The molecule has 39 heavy (non-hydrogen) atoms. The Labute approximate surface area is 230 Å². The summed E-state index contributed by atoms with van der Waals surface area (Å²) in [5.41, 5.74) is 1.84. The van der Waals surface area contributed by atoms with E-state index in [-0.39, 0.29) is 23.7 Å². The molecule has 216 valence electrons. The molecule has 10 heteroatoms. The zero-order valence-corrected chi connectivity index (χ0v) is 23.6. The van der Waals surface area contributed by atoms with Gasteiger partial charge in [0.2, 0.25) is 5.91 Å². The number of rotatable bonds is 13. The lowest BCUT2D eigenvalue weighted by Gasteiger charge is -2.31. The fraction of sp³-hybridized carbons (Fsp3) is 0.552. The molecule has 1 aromatic carbocycles. The van der Waals surface area contributed by atoms with Gasteiger partial charge in [-0.1, -0.05) is 25.1 Å². The number of hydrogen-bond donors (Lipinski definition) is 2. The van der Waals surface area contributed by atoms with E-state index in [1.807, 2.05) is 49.0 Å². The topological polar surface area (TPSA) is 94.5 Å². The fourth-order valence-corrected chi connectivity index (χ4v) is 4.41. The Bertz CT molecular complexity index is 1080. The maximum atomic E-state index is 12.9. The second kappa shape index (κ2) is 15.5. The zero-order chi connectivity index (χ0) is 28.9. The molecule has 0 bridgehead atoms. The first kappa shape index (κ1) is 32.1. The lowest BCUT2D eigenvalue weighted by atomic mass is 9.76.